The van der Waals surface area contributed by atoms with Crippen molar-refractivity contribution in [2.24, 2.45) is 0 Å². The third-order valence-corrected chi connectivity index (χ3v) is 3.59. The van der Waals surface area contributed by atoms with Gasteiger partial charge in [-0.3, -0.25) is 0 Å². The van der Waals surface area contributed by atoms with E-state index in [0.29, 0.717) is 5.02 Å². The molecular weight excluding hydrogens is 245 g/mol. The van der Waals surface area contributed by atoms with Crippen molar-refractivity contribution in [1.29, 1.82) is 0 Å². The predicted molar refractivity (Wildman–Crippen MR) is 68.2 cm³/mol. The highest BCUT2D eigenvalue weighted by atomic mass is 35.5. The fraction of sp³-hybridized carbons (Fsp3) is 0.400. The van der Waals surface area contributed by atoms with Crippen LogP contribution in [-0.2, 0) is 0 Å². The number of hydrogen-bond acceptors (Lipinski definition) is 1. The average molecular weight is 260 g/mol. The van der Waals surface area contributed by atoms with Crippen LogP contribution in [0.15, 0.2) is 12.1 Å². The van der Waals surface area contributed by atoms with E-state index in [1.807, 2.05) is 19.1 Å². The van der Waals surface area contributed by atoms with Crippen molar-refractivity contribution in [2.45, 2.75) is 26.6 Å². The Kier molecular flexibility index (Phi) is 3.51. The summed E-state index contributed by atoms with van der Waals surface area (Å²) < 4.78 is 0. The Bertz CT molecular complexity index is 345. The van der Waals surface area contributed by atoms with Gasteiger partial charge < -0.3 is 4.98 Å². The van der Waals surface area contributed by atoms with Gasteiger partial charge in [0.25, 0.3) is 0 Å². The largest absolute Gasteiger partial charge is 0.408 e. The summed E-state index contributed by atoms with van der Waals surface area (Å²) in [5, 5.41) is 1.43. The topological polar surface area (TPSA) is 12.0 Å². The number of nitrogens with one attached hydrogen (secondary N) is 1. The molecule has 0 aliphatic rings. The summed E-state index contributed by atoms with van der Waals surface area (Å²) in [6.07, 6.45) is 0. The third-order valence-electron chi connectivity index (χ3n) is 1.78. The van der Waals surface area contributed by atoms with E-state index < -0.39 is 8.24 Å². The molecule has 0 radical (unpaired) electrons. The monoisotopic (exact) mass is 259 g/mol. The highest BCUT2D eigenvalue weighted by molar-refractivity contribution is 6.79. The van der Waals surface area contributed by atoms with Crippen molar-refractivity contribution < 1.29 is 0 Å². The van der Waals surface area contributed by atoms with E-state index >= 15 is 0 Å². The molecular formula is C10H15Cl2NSi. The van der Waals surface area contributed by atoms with Gasteiger partial charge in [-0.25, -0.2) is 0 Å². The van der Waals surface area contributed by atoms with E-state index in [4.69, 9.17) is 23.2 Å². The molecule has 0 bridgehead atoms. The zero-order valence-corrected chi connectivity index (χ0v) is 11.4. The molecule has 0 saturated heterocycles. The first-order valence-electron chi connectivity index (χ1n) is 4.54. The minimum atomic E-state index is -1.40. The minimum absolute atomic E-state index is 0.697. The summed E-state index contributed by atoms with van der Waals surface area (Å²) in [4.78, 5) is 3.43. The minimum Gasteiger partial charge on any atom is -0.408 e. The molecule has 0 aromatic heterocycles. The summed E-state index contributed by atoms with van der Waals surface area (Å²) in [5.41, 5.74) is 1.93. The van der Waals surface area contributed by atoms with Crippen LogP contribution in [0.5, 0.6) is 0 Å². The van der Waals surface area contributed by atoms with Crippen LogP contribution in [0.4, 0.5) is 5.69 Å². The van der Waals surface area contributed by atoms with E-state index in [9.17, 15) is 0 Å². The Hall–Kier alpha value is -0.183. The summed E-state index contributed by atoms with van der Waals surface area (Å²) in [6, 6.07) is 3.81. The highest BCUT2D eigenvalue weighted by Crippen LogP contribution is 2.34. The molecule has 1 aromatic carbocycles. The summed E-state index contributed by atoms with van der Waals surface area (Å²) in [7, 11) is -1.40. The van der Waals surface area contributed by atoms with Gasteiger partial charge in [0.1, 0.15) is 8.24 Å². The maximum atomic E-state index is 6.18. The van der Waals surface area contributed by atoms with E-state index in [0.717, 1.165) is 16.3 Å². The van der Waals surface area contributed by atoms with E-state index in [1.165, 1.54) is 0 Å². The van der Waals surface area contributed by atoms with Crippen LogP contribution in [0.3, 0.4) is 0 Å². The van der Waals surface area contributed by atoms with Gasteiger partial charge in [-0.15, -0.1) is 0 Å². The van der Waals surface area contributed by atoms with Gasteiger partial charge in [-0.1, -0.05) is 48.9 Å². The lowest BCUT2D eigenvalue weighted by Crippen LogP contribution is -2.32. The van der Waals surface area contributed by atoms with Gasteiger partial charge in [-0.2, -0.15) is 0 Å². The molecule has 1 N–H and O–H groups in total. The normalized spacial score (nSPS) is 11.6. The fourth-order valence-electron chi connectivity index (χ4n) is 1.15. The number of aryl methyl sites for hydroxylation is 1. The van der Waals surface area contributed by atoms with Crippen LogP contribution in [0.25, 0.3) is 0 Å². The first-order valence-corrected chi connectivity index (χ1v) is 8.79. The zero-order chi connectivity index (χ0) is 10.9. The number of hydrogen-bond donors (Lipinski definition) is 1. The van der Waals surface area contributed by atoms with Crippen LogP contribution in [0, 0.1) is 6.92 Å². The molecule has 0 spiro atoms. The Labute approximate surface area is 96.5 Å². The van der Waals surface area contributed by atoms with E-state index in [1.54, 1.807) is 0 Å². The Morgan fingerprint density at radius 1 is 1.14 bits per heavy atom. The van der Waals surface area contributed by atoms with Gasteiger partial charge in [0, 0.05) is 0 Å². The fourth-order valence-corrected chi connectivity index (χ4v) is 2.78. The molecule has 78 valence electrons. The average Bonchev–Trinajstić information content (AvgIpc) is 2.04. The first-order chi connectivity index (χ1) is 6.31. The molecule has 0 fully saturated rings. The quantitative estimate of drug-likeness (QED) is 0.769. The Morgan fingerprint density at radius 3 is 2.21 bits per heavy atom. The van der Waals surface area contributed by atoms with Gasteiger partial charge in [-0.05, 0) is 18.6 Å². The lowest BCUT2D eigenvalue weighted by molar-refractivity contribution is 1.45. The zero-order valence-electron chi connectivity index (χ0n) is 8.91. The lowest BCUT2D eigenvalue weighted by atomic mass is 11.5. The van der Waals surface area contributed by atoms with Crippen molar-refractivity contribution in [3.8, 4) is 0 Å². The molecule has 1 rings (SSSR count). The molecule has 0 atom stereocenters. The van der Waals surface area contributed by atoms with Crippen LogP contribution < -0.4 is 4.98 Å². The molecule has 4 heteroatoms. The molecule has 0 unspecified atom stereocenters. The third kappa shape index (κ3) is 2.90. The van der Waals surface area contributed by atoms with E-state index in [-0.39, 0.29) is 0 Å². The van der Waals surface area contributed by atoms with E-state index in [2.05, 4.69) is 24.6 Å². The van der Waals surface area contributed by atoms with Gasteiger partial charge in [0.2, 0.25) is 0 Å². The number of rotatable bonds is 2. The van der Waals surface area contributed by atoms with Crippen molar-refractivity contribution in [3.63, 3.8) is 0 Å². The molecule has 1 aromatic rings. The van der Waals surface area contributed by atoms with Gasteiger partial charge in [0.05, 0.1) is 15.7 Å². The van der Waals surface area contributed by atoms with Crippen LogP contribution in [0.2, 0.25) is 29.7 Å². The van der Waals surface area contributed by atoms with Gasteiger partial charge >= 0.3 is 0 Å². The molecule has 0 heterocycles. The summed E-state index contributed by atoms with van der Waals surface area (Å²) in [6.45, 7) is 8.61. The lowest BCUT2D eigenvalue weighted by Gasteiger charge is -2.22. The Morgan fingerprint density at radius 2 is 1.71 bits per heavy atom. The molecule has 0 amide bonds. The second-order valence-electron chi connectivity index (χ2n) is 4.43. The predicted octanol–water partition coefficient (Wildman–Crippen LogP) is 4.55. The number of anilines is 1. The maximum Gasteiger partial charge on any atom is 0.144 e. The van der Waals surface area contributed by atoms with Crippen molar-refractivity contribution >= 4 is 37.1 Å². The maximum absolute atomic E-state index is 6.18. The van der Waals surface area contributed by atoms with Crippen molar-refractivity contribution in [2.75, 3.05) is 4.98 Å². The Balaban J connectivity index is 3.13. The molecule has 14 heavy (non-hydrogen) atoms. The van der Waals surface area contributed by atoms with Crippen LogP contribution in [0.1, 0.15) is 5.56 Å². The molecule has 0 aliphatic heterocycles. The van der Waals surface area contributed by atoms with Crippen LogP contribution >= 0.6 is 23.2 Å². The van der Waals surface area contributed by atoms with Crippen LogP contribution in [-0.4, -0.2) is 8.24 Å². The molecule has 0 saturated carbocycles. The number of benzene rings is 1. The number of halogens is 2. The standard InChI is InChI=1S/C10H15Cl2NSi/c1-7-5-6-8(11)10(9(7)12)13-14(2,3)4/h5-6,13H,1-4H3/i5+2,6+2,7+2,8+2,9+2,10+2. The molecule has 0 aliphatic carbocycles. The highest BCUT2D eigenvalue weighted by Gasteiger charge is 2.17. The smallest absolute Gasteiger partial charge is 0.144 e. The van der Waals surface area contributed by atoms with Crippen molar-refractivity contribution in [1.82, 2.24) is 0 Å². The van der Waals surface area contributed by atoms with Crippen molar-refractivity contribution in [3.05, 3.63) is 27.7 Å². The SMILES string of the molecule is C[14c]1[14cH][14cH][14c](Cl)[14c](N[Si](C)(C)C)[14c]1Cl. The summed E-state index contributed by atoms with van der Waals surface area (Å²) >= 11 is 12.3. The molecule has 1 nitrogen and oxygen atoms in total. The first kappa shape index (κ1) is 11.9. The second-order valence-corrected chi connectivity index (χ2v) is 9.96. The van der Waals surface area contributed by atoms with Gasteiger partial charge in [0.15, 0.2) is 0 Å². The summed E-state index contributed by atoms with van der Waals surface area (Å²) in [5.74, 6) is 0. The second kappa shape index (κ2) is 4.13.